The lowest BCUT2D eigenvalue weighted by atomic mass is 10.2. The summed E-state index contributed by atoms with van der Waals surface area (Å²) in [7, 11) is 1.72. The Morgan fingerprint density at radius 3 is 2.93 bits per heavy atom. The molecule has 2 N–H and O–H groups in total. The van der Waals surface area contributed by atoms with Crippen LogP contribution in [0.3, 0.4) is 0 Å². The Morgan fingerprint density at radius 1 is 1.47 bits per heavy atom. The Labute approximate surface area is 90.8 Å². The molecule has 0 bridgehead atoms. The van der Waals surface area contributed by atoms with E-state index in [1.54, 1.807) is 7.11 Å². The highest BCUT2D eigenvalue weighted by atomic mass is 16.5. The minimum absolute atomic E-state index is 0.347. The van der Waals surface area contributed by atoms with E-state index in [1.165, 1.54) is 5.56 Å². The normalized spacial score (nSPS) is 21.9. The van der Waals surface area contributed by atoms with Crippen LogP contribution in [0.4, 0.5) is 0 Å². The van der Waals surface area contributed by atoms with E-state index in [0.717, 1.165) is 31.8 Å². The molecule has 0 saturated carbocycles. The van der Waals surface area contributed by atoms with Crippen molar-refractivity contribution in [1.82, 2.24) is 4.90 Å². The molecule has 1 aliphatic heterocycles. The van der Waals surface area contributed by atoms with Crippen molar-refractivity contribution in [2.24, 2.45) is 5.73 Å². The second-order valence-electron chi connectivity index (χ2n) is 4.10. The maximum atomic E-state index is 5.88. The van der Waals surface area contributed by atoms with Gasteiger partial charge in [-0.05, 0) is 12.5 Å². The third-order valence-electron chi connectivity index (χ3n) is 2.90. The van der Waals surface area contributed by atoms with Gasteiger partial charge in [0.15, 0.2) is 0 Å². The Balaban J connectivity index is 2.04. The van der Waals surface area contributed by atoms with E-state index < -0.39 is 0 Å². The Kier molecular flexibility index (Phi) is 3.23. The van der Waals surface area contributed by atoms with Gasteiger partial charge in [0.1, 0.15) is 5.75 Å². The number of para-hydroxylation sites is 1. The number of hydrogen-bond donors (Lipinski definition) is 1. The summed E-state index contributed by atoms with van der Waals surface area (Å²) >= 11 is 0. The number of likely N-dealkylation sites (tertiary alicyclic amines) is 1. The molecule has 0 amide bonds. The van der Waals surface area contributed by atoms with Crippen molar-refractivity contribution in [3.8, 4) is 5.75 Å². The molecule has 0 aliphatic carbocycles. The van der Waals surface area contributed by atoms with Gasteiger partial charge in [-0.2, -0.15) is 0 Å². The summed E-state index contributed by atoms with van der Waals surface area (Å²) in [6, 6.07) is 8.51. The van der Waals surface area contributed by atoms with E-state index in [9.17, 15) is 0 Å². The summed E-state index contributed by atoms with van der Waals surface area (Å²) in [5.74, 6) is 0.970. The van der Waals surface area contributed by atoms with Gasteiger partial charge in [0, 0.05) is 31.2 Å². The van der Waals surface area contributed by atoms with Crippen LogP contribution in [0, 0.1) is 0 Å². The maximum Gasteiger partial charge on any atom is 0.123 e. The number of nitrogens with two attached hydrogens (primary N) is 1. The first-order valence-electron chi connectivity index (χ1n) is 5.39. The van der Waals surface area contributed by atoms with Crippen LogP contribution in [0.25, 0.3) is 0 Å². The van der Waals surface area contributed by atoms with Crippen LogP contribution in [0.1, 0.15) is 12.0 Å². The summed E-state index contributed by atoms with van der Waals surface area (Å²) in [6.45, 7) is 3.04. The second-order valence-corrected chi connectivity index (χ2v) is 4.10. The van der Waals surface area contributed by atoms with Crippen molar-refractivity contribution in [1.29, 1.82) is 0 Å². The number of ether oxygens (including phenoxy) is 1. The third kappa shape index (κ3) is 2.49. The summed E-state index contributed by atoms with van der Waals surface area (Å²) in [5.41, 5.74) is 7.12. The van der Waals surface area contributed by atoms with Crippen LogP contribution in [-0.2, 0) is 6.54 Å². The van der Waals surface area contributed by atoms with E-state index in [1.807, 2.05) is 18.2 Å². The third-order valence-corrected chi connectivity index (χ3v) is 2.90. The van der Waals surface area contributed by atoms with Crippen molar-refractivity contribution in [2.45, 2.75) is 19.0 Å². The van der Waals surface area contributed by atoms with Crippen LogP contribution in [0.2, 0.25) is 0 Å². The highest BCUT2D eigenvalue weighted by molar-refractivity contribution is 5.33. The van der Waals surface area contributed by atoms with Crippen molar-refractivity contribution in [2.75, 3.05) is 20.2 Å². The van der Waals surface area contributed by atoms with E-state index in [-0.39, 0.29) is 0 Å². The molecule has 82 valence electrons. The number of nitrogens with zero attached hydrogens (tertiary/aromatic N) is 1. The minimum Gasteiger partial charge on any atom is -0.496 e. The fraction of sp³-hybridized carbons (Fsp3) is 0.500. The predicted octanol–water partition coefficient (Wildman–Crippen LogP) is 1.23. The molecule has 1 heterocycles. The molecule has 0 radical (unpaired) electrons. The van der Waals surface area contributed by atoms with Gasteiger partial charge in [0.05, 0.1) is 7.11 Å². The lowest BCUT2D eigenvalue weighted by molar-refractivity contribution is 0.317. The fourth-order valence-corrected chi connectivity index (χ4v) is 2.08. The van der Waals surface area contributed by atoms with Gasteiger partial charge in [-0.25, -0.2) is 0 Å². The molecule has 2 rings (SSSR count). The van der Waals surface area contributed by atoms with Crippen molar-refractivity contribution < 1.29 is 4.74 Å². The van der Waals surface area contributed by atoms with Crippen molar-refractivity contribution in [3.63, 3.8) is 0 Å². The monoisotopic (exact) mass is 206 g/mol. The maximum absolute atomic E-state index is 5.88. The van der Waals surface area contributed by atoms with E-state index in [4.69, 9.17) is 10.5 Å². The lowest BCUT2D eigenvalue weighted by Crippen LogP contribution is -2.26. The van der Waals surface area contributed by atoms with Gasteiger partial charge in [-0.3, -0.25) is 4.90 Å². The van der Waals surface area contributed by atoms with Crippen LogP contribution in [-0.4, -0.2) is 31.1 Å². The summed E-state index contributed by atoms with van der Waals surface area (Å²) in [4.78, 5) is 2.38. The Hall–Kier alpha value is -1.06. The average molecular weight is 206 g/mol. The standard InChI is InChI=1S/C12H18N2O/c1-15-12-5-3-2-4-10(12)8-14-7-6-11(13)9-14/h2-5,11H,6-9,13H2,1H3/t11-/m1/s1. The second kappa shape index (κ2) is 4.64. The molecule has 1 aromatic rings. The zero-order valence-electron chi connectivity index (χ0n) is 9.15. The number of methoxy groups -OCH3 is 1. The number of benzene rings is 1. The molecular formula is C12H18N2O. The molecule has 15 heavy (non-hydrogen) atoms. The topological polar surface area (TPSA) is 38.5 Å². The molecule has 3 heteroatoms. The molecule has 1 aromatic carbocycles. The zero-order valence-corrected chi connectivity index (χ0v) is 9.15. The first-order chi connectivity index (χ1) is 7.29. The molecule has 0 spiro atoms. The molecule has 1 atom stereocenters. The highest BCUT2D eigenvalue weighted by Gasteiger charge is 2.19. The molecule has 1 aliphatic rings. The summed E-state index contributed by atoms with van der Waals surface area (Å²) in [5, 5.41) is 0. The number of rotatable bonds is 3. The van der Waals surface area contributed by atoms with Crippen LogP contribution in [0.15, 0.2) is 24.3 Å². The van der Waals surface area contributed by atoms with Crippen LogP contribution < -0.4 is 10.5 Å². The molecule has 0 unspecified atom stereocenters. The Bertz CT molecular complexity index is 327. The Morgan fingerprint density at radius 2 is 2.27 bits per heavy atom. The average Bonchev–Trinajstić information content (AvgIpc) is 2.65. The van der Waals surface area contributed by atoms with Crippen molar-refractivity contribution >= 4 is 0 Å². The highest BCUT2D eigenvalue weighted by Crippen LogP contribution is 2.20. The van der Waals surface area contributed by atoms with Gasteiger partial charge in [0.2, 0.25) is 0 Å². The summed E-state index contributed by atoms with van der Waals surface area (Å²) < 4.78 is 5.32. The van der Waals surface area contributed by atoms with E-state index >= 15 is 0 Å². The first kappa shape index (κ1) is 10.5. The SMILES string of the molecule is COc1ccccc1CN1CC[C@@H](N)C1. The zero-order chi connectivity index (χ0) is 10.7. The molecular weight excluding hydrogens is 188 g/mol. The predicted molar refractivity (Wildman–Crippen MR) is 60.9 cm³/mol. The first-order valence-corrected chi connectivity index (χ1v) is 5.39. The molecule has 1 saturated heterocycles. The van der Waals surface area contributed by atoms with Gasteiger partial charge >= 0.3 is 0 Å². The number of hydrogen-bond acceptors (Lipinski definition) is 3. The van der Waals surface area contributed by atoms with E-state index in [2.05, 4.69) is 11.0 Å². The quantitative estimate of drug-likeness (QED) is 0.808. The van der Waals surface area contributed by atoms with Crippen LogP contribution in [0.5, 0.6) is 5.75 Å². The van der Waals surface area contributed by atoms with Gasteiger partial charge in [-0.1, -0.05) is 18.2 Å². The van der Waals surface area contributed by atoms with Gasteiger partial charge < -0.3 is 10.5 Å². The van der Waals surface area contributed by atoms with E-state index in [0.29, 0.717) is 6.04 Å². The lowest BCUT2D eigenvalue weighted by Gasteiger charge is -2.16. The smallest absolute Gasteiger partial charge is 0.123 e. The van der Waals surface area contributed by atoms with Gasteiger partial charge in [0.25, 0.3) is 0 Å². The summed E-state index contributed by atoms with van der Waals surface area (Å²) in [6.07, 6.45) is 1.11. The van der Waals surface area contributed by atoms with Crippen molar-refractivity contribution in [3.05, 3.63) is 29.8 Å². The van der Waals surface area contributed by atoms with Gasteiger partial charge in [-0.15, -0.1) is 0 Å². The molecule has 1 fully saturated rings. The van der Waals surface area contributed by atoms with Crippen LogP contribution >= 0.6 is 0 Å². The minimum atomic E-state index is 0.347. The fourth-order valence-electron chi connectivity index (χ4n) is 2.08. The molecule has 3 nitrogen and oxygen atoms in total. The molecule has 0 aromatic heterocycles. The largest absolute Gasteiger partial charge is 0.496 e.